The van der Waals surface area contributed by atoms with Crippen LogP contribution < -0.4 is 4.74 Å². The zero-order chi connectivity index (χ0) is 13.4. The van der Waals surface area contributed by atoms with E-state index in [0.717, 1.165) is 0 Å². The third-order valence-corrected chi connectivity index (χ3v) is 3.11. The summed E-state index contributed by atoms with van der Waals surface area (Å²) in [5.41, 5.74) is -0.427. The molecule has 4 nitrogen and oxygen atoms in total. The number of hydrogen-bond acceptors (Lipinski definition) is 4. The van der Waals surface area contributed by atoms with E-state index >= 15 is 0 Å². The molecule has 1 aliphatic rings. The highest BCUT2D eigenvalue weighted by Gasteiger charge is 2.54. The van der Waals surface area contributed by atoms with Crippen molar-refractivity contribution in [3.8, 4) is 11.8 Å². The third kappa shape index (κ3) is 1.86. The highest BCUT2D eigenvalue weighted by molar-refractivity contribution is 5.43. The van der Waals surface area contributed by atoms with Gasteiger partial charge in [-0.3, -0.25) is 0 Å². The number of rotatable bonds is 2. The van der Waals surface area contributed by atoms with Crippen LogP contribution in [0.5, 0.6) is 5.75 Å². The number of nitrogens with zero attached hydrogens (tertiary/aromatic N) is 1. The Hall–Kier alpha value is -1.57. The van der Waals surface area contributed by atoms with Gasteiger partial charge in [0.05, 0.1) is 7.11 Å². The predicted molar refractivity (Wildman–Crippen MR) is 66.0 cm³/mol. The van der Waals surface area contributed by atoms with E-state index in [1.807, 2.05) is 31.2 Å². The zero-order valence-corrected chi connectivity index (χ0v) is 11.1. The van der Waals surface area contributed by atoms with Crippen LogP contribution in [0.1, 0.15) is 26.3 Å². The van der Waals surface area contributed by atoms with Gasteiger partial charge in [0.2, 0.25) is 5.60 Å². The van der Waals surface area contributed by atoms with Gasteiger partial charge in [-0.05, 0) is 26.8 Å². The Kier molecular flexibility index (Phi) is 3.05. The Labute approximate surface area is 107 Å². The summed E-state index contributed by atoms with van der Waals surface area (Å²) < 4.78 is 16.9. The average molecular weight is 247 g/mol. The number of benzene rings is 1. The van der Waals surface area contributed by atoms with Crippen molar-refractivity contribution < 1.29 is 14.2 Å². The Morgan fingerprint density at radius 1 is 1.33 bits per heavy atom. The molecule has 1 aliphatic heterocycles. The second kappa shape index (κ2) is 4.27. The van der Waals surface area contributed by atoms with Crippen molar-refractivity contribution in [2.24, 2.45) is 0 Å². The van der Waals surface area contributed by atoms with Crippen LogP contribution in [0.15, 0.2) is 24.3 Å². The molecular weight excluding hydrogens is 230 g/mol. The molecular formula is C14H17NO3. The maximum atomic E-state index is 9.58. The summed E-state index contributed by atoms with van der Waals surface area (Å²) in [6.07, 6.45) is -0.367. The molecule has 0 spiro atoms. The van der Waals surface area contributed by atoms with Crippen molar-refractivity contribution in [1.29, 1.82) is 5.26 Å². The van der Waals surface area contributed by atoms with Crippen molar-refractivity contribution in [3.05, 3.63) is 29.8 Å². The topological polar surface area (TPSA) is 51.5 Å². The lowest BCUT2D eigenvalue weighted by Crippen LogP contribution is -2.34. The van der Waals surface area contributed by atoms with Gasteiger partial charge in [-0.1, -0.05) is 18.2 Å². The monoisotopic (exact) mass is 247 g/mol. The fourth-order valence-corrected chi connectivity index (χ4v) is 2.40. The van der Waals surface area contributed by atoms with Crippen molar-refractivity contribution in [3.63, 3.8) is 0 Å². The van der Waals surface area contributed by atoms with Gasteiger partial charge in [-0.15, -0.1) is 0 Å². The van der Waals surface area contributed by atoms with Gasteiger partial charge in [0, 0.05) is 5.56 Å². The minimum atomic E-state index is -1.13. The smallest absolute Gasteiger partial charge is 0.212 e. The molecule has 0 aliphatic carbocycles. The highest BCUT2D eigenvalue weighted by atomic mass is 16.8. The van der Waals surface area contributed by atoms with Crippen molar-refractivity contribution in [2.75, 3.05) is 7.11 Å². The molecule has 0 saturated carbocycles. The van der Waals surface area contributed by atoms with Gasteiger partial charge in [-0.25, -0.2) is 0 Å². The molecule has 2 unspecified atom stereocenters. The summed E-state index contributed by atoms with van der Waals surface area (Å²) in [5, 5.41) is 9.58. The maximum absolute atomic E-state index is 9.58. The highest BCUT2D eigenvalue weighted by Crippen LogP contribution is 2.45. The summed E-state index contributed by atoms with van der Waals surface area (Å²) in [5.74, 6) is -0.150. The van der Waals surface area contributed by atoms with Gasteiger partial charge < -0.3 is 14.2 Å². The minimum absolute atomic E-state index is 0.367. The summed E-state index contributed by atoms with van der Waals surface area (Å²) in [7, 11) is 1.58. The minimum Gasteiger partial charge on any atom is -0.496 e. The molecule has 18 heavy (non-hydrogen) atoms. The second-order valence-corrected chi connectivity index (χ2v) is 4.81. The number of ether oxygens (including phenoxy) is 3. The van der Waals surface area contributed by atoms with E-state index in [2.05, 4.69) is 6.07 Å². The SMILES string of the molecule is COc1ccccc1C1(C#N)OC(C)(C)OC1C. The molecule has 4 heteroatoms. The summed E-state index contributed by atoms with van der Waals surface area (Å²) in [6, 6.07) is 9.62. The molecule has 1 heterocycles. The first-order valence-corrected chi connectivity index (χ1v) is 5.88. The molecule has 2 rings (SSSR count). The zero-order valence-electron chi connectivity index (χ0n) is 11.1. The Bertz CT molecular complexity index is 492. The molecule has 1 saturated heterocycles. The van der Waals surface area contributed by atoms with E-state index in [0.29, 0.717) is 11.3 Å². The first-order chi connectivity index (χ1) is 8.45. The largest absolute Gasteiger partial charge is 0.496 e. The number of hydrogen-bond donors (Lipinski definition) is 0. The molecule has 1 aromatic carbocycles. The Morgan fingerprint density at radius 3 is 2.50 bits per heavy atom. The fourth-order valence-electron chi connectivity index (χ4n) is 2.40. The lowest BCUT2D eigenvalue weighted by Gasteiger charge is -2.26. The molecule has 0 bridgehead atoms. The van der Waals surface area contributed by atoms with Gasteiger partial charge in [-0.2, -0.15) is 5.26 Å². The molecule has 2 atom stereocenters. The van der Waals surface area contributed by atoms with Crippen LogP contribution >= 0.6 is 0 Å². The molecule has 96 valence electrons. The van der Waals surface area contributed by atoms with Crippen LogP contribution in [-0.2, 0) is 15.1 Å². The van der Waals surface area contributed by atoms with E-state index in [-0.39, 0.29) is 6.10 Å². The Balaban J connectivity index is 2.56. The summed E-state index contributed by atoms with van der Waals surface area (Å²) in [4.78, 5) is 0. The molecule has 0 radical (unpaired) electrons. The van der Waals surface area contributed by atoms with E-state index in [1.165, 1.54) is 0 Å². The van der Waals surface area contributed by atoms with E-state index in [1.54, 1.807) is 21.0 Å². The number of para-hydroxylation sites is 1. The Morgan fingerprint density at radius 2 is 2.00 bits per heavy atom. The summed E-state index contributed by atoms with van der Waals surface area (Å²) in [6.45, 7) is 5.44. The first kappa shape index (κ1) is 12.9. The molecule has 0 N–H and O–H groups in total. The van der Waals surface area contributed by atoms with Crippen LogP contribution in [0, 0.1) is 11.3 Å². The van der Waals surface area contributed by atoms with Crippen molar-refractivity contribution in [2.45, 2.75) is 38.3 Å². The lowest BCUT2D eigenvalue weighted by atomic mass is 9.89. The van der Waals surface area contributed by atoms with E-state index in [9.17, 15) is 5.26 Å². The van der Waals surface area contributed by atoms with Crippen LogP contribution in [0.4, 0.5) is 0 Å². The molecule has 1 aromatic rings. The third-order valence-electron chi connectivity index (χ3n) is 3.11. The van der Waals surface area contributed by atoms with Crippen LogP contribution in [0.2, 0.25) is 0 Å². The van der Waals surface area contributed by atoms with Crippen LogP contribution in [0.25, 0.3) is 0 Å². The van der Waals surface area contributed by atoms with Gasteiger partial charge in [0.1, 0.15) is 17.9 Å². The number of nitriles is 1. The van der Waals surface area contributed by atoms with Gasteiger partial charge >= 0.3 is 0 Å². The van der Waals surface area contributed by atoms with E-state index < -0.39 is 11.4 Å². The van der Waals surface area contributed by atoms with Gasteiger partial charge in [0.15, 0.2) is 5.79 Å². The fraction of sp³-hybridized carbons (Fsp3) is 0.500. The van der Waals surface area contributed by atoms with Crippen molar-refractivity contribution >= 4 is 0 Å². The second-order valence-electron chi connectivity index (χ2n) is 4.81. The van der Waals surface area contributed by atoms with Crippen LogP contribution in [0.3, 0.4) is 0 Å². The summed E-state index contributed by atoms with van der Waals surface area (Å²) >= 11 is 0. The molecule has 0 aromatic heterocycles. The van der Waals surface area contributed by atoms with Gasteiger partial charge in [0.25, 0.3) is 0 Å². The first-order valence-electron chi connectivity index (χ1n) is 5.88. The van der Waals surface area contributed by atoms with Crippen molar-refractivity contribution in [1.82, 2.24) is 0 Å². The quantitative estimate of drug-likeness (QED) is 0.806. The van der Waals surface area contributed by atoms with Crippen LogP contribution in [-0.4, -0.2) is 19.0 Å². The normalized spacial score (nSPS) is 29.8. The standard InChI is InChI=1S/C14H17NO3/c1-10-14(9-15,18-13(2,3)17-10)11-7-5-6-8-12(11)16-4/h5-8,10H,1-4H3. The molecule has 1 fully saturated rings. The number of methoxy groups -OCH3 is 1. The maximum Gasteiger partial charge on any atom is 0.212 e. The predicted octanol–water partition coefficient (Wildman–Crippen LogP) is 2.59. The van der Waals surface area contributed by atoms with E-state index in [4.69, 9.17) is 14.2 Å². The average Bonchev–Trinajstić information content (AvgIpc) is 2.59. The lowest BCUT2D eigenvalue weighted by molar-refractivity contribution is -0.155. The molecule has 0 amide bonds.